The Bertz CT molecular complexity index is 978. The summed E-state index contributed by atoms with van der Waals surface area (Å²) in [4.78, 5) is 10.4. The second kappa shape index (κ2) is 9.17. The van der Waals surface area contributed by atoms with Crippen LogP contribution in [0, 0.1) is 16.0 Å². The molecule has 0 amide bonds. The molecule has 0 radical (unpaired) electrons. The third-order valence-corrected chi connectivity index (χ3v) is 5.36. The number of hydrogen-bond donors (Lipinski definition) is 1. The number of aromatic nitrogens is 2. The van der Waals surface area contributed by atoms with Gasteiger partial charge in [0, 0.05) is 29.2 Å². The number of hydrogen-bond acceptors (Lipinski definition) is 5. The second-order valence-corrected chi connectivity index (χ2v) is 8.32. The van der Waals surface area contributed by atoms with E-state index in [4.69, 9.17) is 4.42 Å². The predicted molar refractivity (Wildman–Crippen MR) is 115 cm³/mol. The molecule has 0 fully saturated rings. The van der Waals surface area contributed by atoms with Crippen molar-refractivity contribution in [2.75, 3.05) is 0 Å². The van der Waals surface area contributed by atoms with Crippen LogP contribution in [-0.2, 0) is 0 Å². The van der Waals surface area contributed by atoms with E-state index in [1.165, 1.54) is 23.3 Å². The second-order valence-electron chi connectivity index (χ2n) is 8.32. The van der Waals surface area contributed by atoms with Gasteiger partial charge in [0.15, 0.2) is 6.04 Å². The molecule has 0 spiro atoms. The van der Waals surface area contributed by atoms with E-state index in [0.717, 1.165) is 0 Å². The van der Waals surface area contributed by atoms with Crippen molar-refractivity contribution in [3.8, 4) is 11.5 Å². The molecular formula is C23H29N4O3+. The first-order valence-corrected chi connectivity index (χ1v) is 10.3. The van der Waals surface area contributed by atoms with Crippen molar-refractivity contribution >= 4 is 5.69 Å². The van der Waals surface area contributed by atoms with Crippen LogP contribution in [0.15, 0.2) is 52.9 Å². The first-order chi connectivity index (χ1) is 14.3. The highest BCUT2D eigenvalue weighted by Gasteiger charge is 2.26. The smallest absolute Gasteiger partial charge is 0.274 e. The Morgan fingerprint density at radius 2 is 1.50 bits per heavy atom. The van der Waals surface area contributed by atoms with Gasteiger partial charge in [0.25, 0.3) is 11.6 Å². The molecular weight excluding hydrogens is 380 g/mol. The van der Waals surface area contributed by atoms with Crippen LogP contribution < -0.4 is 5.32 Å². The molecule has 0 aliphatic heterocycles. The van der Waals surface area contributed by atoms with E-state index in [2.05, 4.69) is 67.5 Å². The maximum Gasteiger partial charge on any atom is 0.274 e. The van der Waals surface area contributed by atoms with Crippen LogP contribution in [0.1, 0.15) is 69.6 Å². The summed E-state index contributed by atoms with van der Waals surface area (Å²) in [6, 6.07) is 15.2. The van der Waals surface area contributed by atoms with Crippen LogP contribution in [0.25, 0.3) is 11.5 Å². The van der Waals surface area contributed by atoms with Gasteiger partial charge in [0.1, 0.15) is 6.04 Å². The third-order valence-electron chi connectivity index (χ3n) is 5.36. The summed E-state index contributed by atoms with van der Waals surface area (Å²) in [6.45, 7) is 10.9. The van der Waals surface area contributed by atoms with E-state index >= 15 is 0 Å². The zero-order valence-corrected chi connectivity index (χ0v) is 18.1. The summed E-state index contributed by atoms with van der Waals surface area (Å²) in [5, 5.41) is 21.4. The fraction of sp³-hybridized carbons (Fsp3) is 0.391. The van der Waals surface area contributed by atoms with Gasteiger partial charge >= 0.3 is 0 Å². The maximum atomic E-state index is 10.8. The Balaban J connectivity index is 1.75. The number of nitrogens with zero attached hydrogens (tertiary/aromatic N) is 3. The topological polar surface area (TPSA) is 98.7 Å². The van der Waals surface area contributed by atoms with Gasteiger partial charge in [-0.3, -0.25) is 10.1 Å². The molecule has 2 atom stereocenters. The number of nitrogens with two attached hydrogens (primary N) is 1. The van der Waals surface area contributed by atoms with Crippen molar-refractivity contribution in [1.29, 1.82) is 0 Å². The van der Waals surface area contributed by atoms with Gasteiger partial charge in [-0.25, -0.2) is 0 Å². The van der Waals surface area contributed by atoms with Crippen molar-refractivity contribution in [3.63, 3.8) is 0 Å². The zero-order chi connectivity index (χ0) is 21.8. The fourth-order valence-corrected chi connectivity index (χ4v) is 3.48. The van der Waals surface area contributed by atoms with E-state index in [0.29, 0.717) is 29.2 Å². The molecule has 1 heterocycles. The van der Waals surface area contributed by atoms with Gasteiger partial charge in [-0.1, -0.05) is 52.0 Å². The number of nitro groups is 1. The maximum absolute atomic E-state index is 10.8. The lowest BCUT2D eigenvalue weighted by Gasteiger charge is -2.22. The van der Waals surface area contributed by atoms with Crippen molar-refractivity contribution in [1.82, 2.24) is 10.2 Å². The van der Waals surface area contributed by atoms with Crippen LogP contribution in [0.3, 0.4) is 0 Å². The van der Waals surface area contributed by atoms with Gasteiger partial charge in [0.05, 0.1) is 4.92 Å². The molecule has 0 saturated carbocycles. The summed E-state index contributed by atoms with van der Waals surface area (Å²) in [5.74, 6) is 1.83. The highest BCUT2D eigenvalue weighted by Crippen LogP contribution is 2.25. The summed E-state index contributed by atoms with van der Waals surface area (Å²) >= 11 is 0. The van der Waals surface area contributed by atoms with E-state index in [-0.39, 0.29) is 17.8 Å². The highest BCUT2D eigenvalue weighted by atomic mass is 16.6. The largest absolute Gasteiger partial charge is 0.415 e. The summed E-state index contributed by atoms with van der Waals surface area (Å²) < 4.78 is 5.88. The first-order valence-electron chi connectivity index (χ1n) is 10.3. The predicted octanol–water partition coefficient (Wildman–Crippen LogP) is 4.79. The number of quaternary nitrogens is 1. The summed E-state index contributed by atoms with van der Waals surface area (Å²) in [5.41, 5.74) is 3.30. The number of benzene rings is 2. The van der Waals surface area contributed by atoms with Crippen molar-refractivity contribution in [3.05, 3.63) is 75.7 Å². The lowest BCUT2D eigenvalue weighted by atomic mass is 9.93. The molecule has 2 N–H and O–H groups in total. The molecule has 30 heavy (non-hydrogen) atoms. The highest BCUT2D eigenvalue weighted by molar-refractivity contribution is 5.55. The molecule has 158 valence electrons. The average molecular weight is 410 g/mol. The van der Waals surface area contributed by atoms with Gasteiger partial charge in [0.2, 0.25) is 5.89 Å². The lowest BCUT2D eigenvalue weighted by molar-refractivity contribution is -0.739. The standard InChI is InChI=1S/C23H28N4O3/c1-14(2)17-6-8-18(9-7-17)21(15(3)4)24-16(5)22-25-26-23(30-22)19-10-12-20(13-11-19)27(28)29/h6-16,21,24H,1-5H3/p+1/t16-,21+/m1/s1. The molecule has 0 unspecified atom stereocenters. The molecule has 1 aromatic heterocycles. The molecule has 0 saturated heterocycles. The van der Waals surface area contributed by atoms with Gasteiger partial charge < -0.3 is 9.73 Å². The number of rotatable bonds is 8. The van der Waals surface area contributed by atoms with E-state index in [1.54, 1.807) is 12.1 Å². The minimum absolute atomic E-state index is 0.0264. The Kier molecular flexibility index (Phi) is 6.62. The van der Waals surface area contributed by atoms with Crippen molar-refractivity contribution in [2.24, 2.45) is 5.92 Å². The Morgan fingerprint density at radius 3 is 2.03 bits per heavy atom. The van der Waals surface area contributed by atoms with E-state index < -0.39 is 4.92 Å². The van der Waals surface area contributed by atoms with E-state index in [9.17, 15) is 10.1 Å². The molecule has 2 aromatic carbocycles. The SMILES string of the molecule is CC(C)c1ccc([C@@H]([NH2+][C@H](C)c2nnc(-c3ccc([N+](=O)[O-])cc3)o2)C(C)C)cc1. The molecule has 0 bridgehead atoms. The first kappa shape index (κ1) is 21.6. The molecule has 0 aliphatic rings. The quantitative estimate of drug-likeness (QED) is 0.426. The molecule has 0 aliphatic carbocycles. The van der Waals surface area contributed by atoms with Crippen molar-refractivity contribution in [2.45, 2.75) is 52.6 Å². The molecule has 7 nitrogen and oxygen atoms in total. The Morgan fingerprint density at radius 1 is 0.900 bits per heavy atom. The number of non-ortho nitro benzene ring substituents is 1. The van der Waals surface area contributed by atoms with Gasteiger partial charge in [-0.05, 0) is 30.5 Å². The third kappa shape index (κ3) is 4.91. The summed E-state index contributed by atoms with van der Waals surface area (Å²) in [7, 11) is 0. The van der Waals surface area contributed by atoms with Crippen LogP contribution in [0.2, 0.25) is 0 Å². The molecule has 7 heteroatoms. The summed E-state index contributed by atoms with van der Waals surface area (Å²) in [6.07, 6.45) is 0. The van der Waals surface area contributed by atoms with Crippen LogP contribution >= 0.6 is 0 Å². The lowest BCUT2D eigenvalue weighted by Crippen LogP contribution is -2.86. The van der Waals surface area contributed by atoms with Crippen LogP contribution in [0.4, 0.5) is 5.69 Å². The molecule has 3 rings (SSSR count). The average Bonchev–Trinajstić information content (AvgIpc) is 3.22. The van der Waals surface area contributed by atoms with Gasteiger partial charge in [-0.2, -0.15) is 0 Å². The fourth-order valence-electron chi connectivity index (χ4n) is 3.48. The molecule has 3 aromatic rings. The number of nitro benzene ring substituents is 1. The van der Waals surface area contributed by atoms with E-state index in [1.807, 2.05) is 6.92 Å². The van der Waals surface area contributed by atoms with Crippen LogP contribution in [-0.4, -0.2) is 15.1 Å². The minimum atomic E-state index is -0.431. The Labute approximate surface area is 176 Å². The van der Waals surface area contributed by atoms with Gasteiger partial charge in [-0.15, -0.1) is 10.2 Å². The minimum Gasteiger partial charge on any atom is -0.415 e. The normalized spacial score (nSPS) is 13.6. The van der Waals surface area contributed by atoms with Crippen LogP contribution in [0.5, 0.6) is 0 Å². The monoisotopic (exact) mass is 409 g/mol. The van der Waals surface area contributed by atoms with Crippen molar-refractivity contribution < 1.29 is 14.7 Å². The zero-order valence-electron chi connectivity index (χ0n) is 18.1. The Hall–Kier alpha value is -3.06.